The molecule has 98 valence electrons. The molecule has 1 aliphatic rings. The number of benzene rings is 1. The van der Waals surface area contributed by atoms with Gasteiger partial charge in [-0.3, -0.25) is 0 Å². The predicted molar refractivity (Wildman–Crippen MR) is 74.7 cm³/mol. The number of halogens is 1. The van der Waals surface area contributed by atoms with Crippen molar-refractivity contribution in [3.8, 4) is 11.6 Å². The lowest BCUT2D eigenvalue weighted by atomic mass is 9.92. The lowest BCUT2D eigenvalue weighted by Crippen LogP contribution is -2.02. The van der Waals surface area contributed by atoms with Gasteiger partial charge in [-0.1, -0.05) is 6.07 Å². The van der Waals surface area contributed by atoms with Crippen molar-refractivity contribution in [2.75, 3.05) is 0 Å². The van der Waals surface area contributed by atoms with Gasteiger partial charge in [0.2, 0.25) is 5.88 Å². The number of rotatable bonds is 3. The minimum absolute atomic E-state index is 0.348. The molecule has 0 radical (unpaired) electrons. The molecule has 1 heterocycles. The molecule has 19 heavy (non-hydrogen) atoms. The maximum atomic E-state index is 5.85. The van der Waals surface area contributed by atoms with Crippen LogP contribution in [0.15, 0.2) is 30.7 Å². The van der Waals surface area contributed by atoms with Crippen molar-refractivity contribution in [1.82, 2.24) is 9.97 Å². The van der Waals surface area contributed by atoms with Crippen molar-refractivity contribution >= 4 is 11.6 Å². The van der Waals surface area contributed by atoms with Crippen LogP contribution in [-0.2, 0) is 18.7 Å². The summed E-state index contributed by atoms with van der Waals surface area (Å²) in [6, 6.07) is 6.28. The SMILES string of the molecule is ClCc1cncnc1Oc1ccc2c(c1)CCCC2. The topological polar surface area (TPSA) is 35.0 Å². The van der Waals surface area contributed by atoms with Crippen molar-refractivity contribution < 1.29 is 4.74 Å². The summed E-state index contributed by atoms with van der Waals surface area (Å²) in [7, 11) is 0. The molecular weight excluding hydrogens is 260 g/mol. The van der Waals surface area contributed by atoms with Gasteiger partial charge >= 0.3 is 0 Å². The van der Waals surface area contributed by atoms with Gasteiger partial charge in [0.15, 0.2) is 0 Å². The Morgan fingerprint density at radius 1 is 1.16 bits per heavy atom. The van der Waals surface area contributed by atoms with E-state index in [0.29, 0.717) is 11.8 Å². The summed E-state index contributed by atoms with van der Waals surface area (Å²) in [6.45, 7) is 0. The summed E-state index contributed by atoms with van der Waals surface area (Å²) in [5, 5.41) is 0. The third-order valence-corrected chi connectivity index (χ3v) is 3.71. The van der Waals surface area contributed by atoms with Crippen LogP contribution >= 0.6 is 11.6 Å². The van der Waals surface area contributed by atoms with Crippen LogP contribution in [0.4, 0.5) is 0 Å². The highest BCUT2D eigenvalue weighted by Crippen LogP contribution is 2.29. The summed E-state index contributed by atoms with van der Waals surface area (Å²) < 4.78 is 5.83. The van der Waals surface area contributed by atoms with Crippen LogP contribution in [0.25, 0.3) is 0 Å². The van der Waals surface area contributed by atoms with E-state index in [9.17, 15) is 0 Å². The molecule has 0 spiro atoms. The van der Waals surface area contributed by atoms with Gasteiger partial charge in [0.25, 0.3) is 0 Å². The summed E-state index contributed by atoms with van der Waals surface area (Å²) in [5.74, 6) is 1.72. The standard InChI is InChI=1S/C15H15ClN2O/c16-8-13-9-17-10-18-15(13)19-14-6-5-11-3-1-2-4-12(11)7-14/h5-7,9-10H,1-4,8H2. The van der Waals surface area contributed by atoms with E-state index in [1.165, 1.54) is 36.7 Å². The Morgan fingerprint density at radius 3 is 2.84 bits per heavy atom. The molecule has 0 aliphatic heterocycles. The number of aromatic nitrogens is 2. The van der Waals surface area contributed by atoms with E-state index in [0.717, 1.165) is 17.7 Å². The molecule has 3 rings (SSSR count). The van der Waals surface area contributed by atoms with E-state index in [4.69, 9.17) is 16.3 Å². The number of nitrogens with zero attached hydrogens (tertiary/aromatic N) is 2. The first-order valence-corrected chi connectivity index (χ1v) is 7.05. The van der Waals surface area contributed by atoms with Crippen molar-refractivity contribution in [2.45, 2.75) is 31.6 Å². The van der Waals surface area contributed by atoms with E-state index in [2.05, 4.69) is 22.1 Å². The highest BCUT2D eigenvalue weighted by Gasteiger charge is 2.11. The second-order valence-corrected chi connectivity index (χ2v) is 4.99. The van der Waals surface area contributed by atoms with Crippen LogP contribution in [0.2, 0.25) is 0 Å². The van der Waals surface area contributed by atoms with Gasteiger partial charge in [0.1, 0.15) is 12.1 Å². The van der Waals surface area contributed by atoms with E-state index in [1.54, 1.807) is 6.20 Å². The van der Waals surface area contributed by atoms with Crippen molar-refractivity contribution in [2.24, 2.45) is 0 Å². The van der Waals surface area contributed by atoms with E-state index in [1.807, 2.05) is 6.07 Å². The molecule has 1 aromatic heterocycles. The fraction of sp³-hybridized carbons (Fsp3) is 0.333. The van der Waals surface area contributed by atoms with E-state index >= 15 is 0 Å². The Labute approximate surface area is 117 Å². The molecular formula is C15H15ClN2O. The van der Waals surface area contributed by atoms with Gasteiger partial charge in [-0.2, -0.15) is 0 Å². The maximum absolute atomic E-state index is 5.85. The van der Waals surface area contributed by atoms with Crippen molar-refractivity contribution in [1.29, 1.82) is 0 Å². The number of hydrogen-bond donors (Lipinski definition) is 0. The summed E-state index contributed by atoms with van der Waals surface area (Å²) in [6.07, 6.45) is 8.03. The zero-order valence-electron chi connectivity index (χ0n) is 10.6. The highest BCUT2D eigenvalue weighted by molar-refractivity contribution is 6.17. The zero-order valence-corrected chi connectivity index (χ0v) is 11.4. The molecule has 0 atom stereocenters. The van der Waals surface area contributed by atoms with Gasteiger partial charge in [-0.15, -0.1) is 11.6 Å². The molecule has 0 fully saturated rings. The second-order valence-electron chi connectivity index (χ2n) is 4.73. The number of alkyl halides is 1. The third-order valence-electron chi connectivity index (χ3n) is 3.43. The third kappa shape index (κ3) is 2.71. The van der Waals surface area contributed by atoms with Gasteiger partial charge < -0.3 is 4.74 Å². The average Bonchev–Trinajstić information content (AvgIpc) is 2.48. The lowest BCUT2D eigenvalue weighted by molar-refractivity contribution is 0.455. The Balaban J connectivity index is 1.87. The van der Waals surface area contributed by atoms with Crippen LogP contribution in [0.3, 0.4) is 0 Å². The molecule has 0 saturated heterocycles. The number of hydrogen-bond acceptors (Lipinski definition) is 3. The van der Waals surface area contributed by atoms with Gasteiger partial charge in [-0.25, -0.2) is 9.97 Å². The highest BCUT2D eigenvalue weighted by atomic mass is 35.5. The molecule has 0 saturated carbocycles. The number of ether oxygens (including phenoxy) is 1. The van der Waals surface area contributed by atoms with Gasteiger partial charge in [0, 0.05) is 11.8 Å². The first kappa shape index (κ1) is 12.4. The molecule has 4 heteroatoms. The summed E-state index contributed by atoms with van der Waals surface area (Å²) in [5.41, 5.74) is 3.64. The van der Waals surface area contributed by atoms with Crippen LogP contribution in [0.1, 0.15) is 29.5 Å². The second kappa shape index (κ2) is 5.57. The molecule has 3 nitrogen and oxygen atoms in total. The van der Waals surface area contributed by atoms with E-state index < -0.39 is 0 Å². The zero-order chi connectivity index (χ0) is 13.1. The predicted octanol–water partition coefficient (Wildman–Crippen LogP) is 3.89. The van der Waals surface area contributed by atoms with Gasteiger partial charge in [0.05, 0.1) is 5.88 Å². The normalized spacial score (nSPS) is 13.9. The Morgan fingerprint density at radius 2 is 2.00 bits per heavy atom. The van der Waals surface area contributed by atoms with Crippen molar-refractivity contribution in [3.05, 3.63) is 47.4 Å². The maximum Gasteiger partial charge on any atom is 0.226 e. The Hall–Kier alpha value is -1.61. The summed E-state index contributed by atoms with van der Waals surface area (Å²) >= 11 is 5.85. The van der Waals surface area contributed by atoms with Gasteiger partial charge in [-0.05, 0) is 48.9 Å². The van der Waals surface area contributed by atoms with Crippen LogP contribution in [0, 0.1) is 0 Å². The minimum atomic E-state index is 0.348. The molecule has 0 unspecified atom stereocenters. The molecule has 0 amide bonds. The van der Waals surface area contributed by atoms with Crippen LogP contribution < -0.4 is 4.74 Å². The monoisotopic (exact) mass is 274 g/mol. The fourth-order valence-electron chi connectivity index (χ4n) is 2.42. The first-order valence-electron chi connectivity index (χ1n) is 6.51. The molecule has 0 N–H and O–H groups in total. The Bertz CT molecular complexity index is 586. The fourth-order valence-corrected chi connectivity index (χ4v) is 2.60. The molecule has 1 aromatic carbocycles. The largest absolute Gasteiger partial charge is 0.439 e. The van der Waals surface area contributed by atoms with Crippen molar-refractivity contribution in [3.63, 3.8) is 0 Å². The quantitative estimate of drug-likeness (QED) is 0.797. The Kier molecular flexibility index (Phi) is 3.65. The molecule has 2 aromatic rings. The number of aryl methyl sites for hydroxylation is 2. The molecule has 1 aliphatic carbocycles. The lowest BCUT2D eigenvalue weighted by Gasteiger charge is -2.16. The average molecular weight is 275 g/mol. The van der Waals surface area contributed by atoms with Crippen LogP contribution in [0.5, 0.6) is 11.6 Å². The van der Waals surface area contributed by atoms with E-state index in [-0.39, 0.29) is 0 Å². The summed E-state index contributed by atoms with van der Waals surface area (Å²) in [4.78, 5) is 8.09. The van der Waals surface area contributed by atoms with Crippen LogP contribution in [-0.4, -0.2) is 9.97 Å². The number of fused-ring (bicyclic) bond motifs is 1. The molecule has 0 bridgehead atoms. The smallest absolute Gasteiger partial charge is 0.226 e. The minimum Gasteiger partial charge on any atom is -0.439 e. The first-order chi connectivity index (χ1) is 9.36.